The van der Waals surface area contributed by atoms with E-state index in [0.29, 0.717) is 19.1 Å². The Balaban J connectivity index is 1.37. The summed E-state index contributed by atoms with van der Waals surface area (Å²) in [4.78, 5) is 19.0. The largest absolute Gasteiger partial charge is 0.349 e. The van der Waals surface area contributed by atoms with E-state index >= 15 is 0 Å². The number of fused-ring (bicyclic) bond motifs is 3. The summed E-state index contributed by atoms with van der Waals surface area (Å²) in [6, 6.07) is 4.71. The van der Waals surface area contributed by atoms with Crippen LogP contribution in [0.5, 0.6) is 0 Å². The van der Waals surface area contributed by atoms with Gasteiger partial charge in [0.2, 0.25) is 5.91 Å². The zero-order chi connectivity index (χ0) is 15.1. The van der Waals surface area contributed by atoms with Crippen LogP contribution in [-0.2, 0) is 11.3 Å². The predicted octanol–water partition coefficient (Wildman–Crippen LogP) is 1.74. The summed E-state index contributed by atoms with van der Waals surface area (Å²) in [7, 11) is 0. The zero-order valence-corrected chi connectivity index (χ0v) is 13.0. The lowest BCUT2D eigenvalue weighted by Gasteiger charge is -2.25. The number of rotatable bonds is 4. The maximum atomic E-state index is 12.2. The molecule has 5 heteroatoms. The molecule has 1 saturated carbocycles. The second-order valence-electron chi connectivity index (χ2n) is 6.67. The Kier molecular flexibility index (Phi) is 3.37. The Morgan fingerprint density at radius 1 is 1.45 bits per heavy atom. The quantitative estimate of drug-likeness (QED) is 0.935. The molecule has 22 heavy (non-hydrogen) atoms. The van der Waals surface area contributed by atoms with Crippen molar-refractivity contribution in [2.45, 2.75) is 38.8 Å². The van der Waals surface area contributed by atoms with E-state index in [2.05, 4.69) is 15.2 Å². The first-order valence-electron chi connectivity index (χ1n) is 8.13. The van der Waals surface area contributed by atoms with Gasteiger partial charge in [0.15, 0.2) is 0 Å². The van der Waals surface area contributed by atoms with E-state index in [4.69, 9.17) is 0 Å². The number of piperidine rings is 1. The number of pyridine rings is 1. The van der Waals surface area contributed by atoms with E-state index in [-0.39, 0.29) is 5.91 Å². The number of imidazole rings is 1. The smallest absolute Gasteiger partial charge is 0.234 e. The third-order valence-corrected chi connectivity index (χ3v) is 5.14. The van der Waals surface area contributed by atoms with Crippen LogP contribution in [0, 0.1) is 12.8 Å². The van der Waals surface area contributed by atoms with Crippen LogP contribution in [0.2, 0.25) is 0 Å². The number of hydrogen-bond acceptors (Lipinski definition) is 3. The lowest BCUT2D eigenvalue weighted by Crippen LogP contribution is -2.41. The van der Waals surface area contributed by atoms with Crippen molar-refractivity contribution < 1.29 is 4.79 Å². The summed E-state index contributed by atoms with van der Waals surface area (Å²) >= 11 is 0. The summed E-state index contributed by atoms with van der Waals surface area (Å²) in [5.41, 5.74) is 3.13. The van der Waals surface area contributed by atoms with Crippen LogP contribution in [0.15, 0.2) is 24.5 Å². The van der Waals surface area contributed by atoms with Crippen molar-refractivity contribution >= 4 is 11.6 Å². The number of hydrogen-bond donors (Lipinski definition) is 1. The molecule has 2 fully saturated rings. The van der Waals surface area contributed by atoms with Gasteiger partial charge in [-0.05, 0) is 43.7 Å². The molecule has 2 bridgehead atoms. The number of likely N-dealkylation sites (tertiary alicyclic amines) is 1. The van der Waals surface area contributed by atoms with Crippen LogP contribution in [0.1, 0.15) is 30.5 Å². The van der Waals surface area contributed by atoms with Crippen molar-refractivity contribution in [1.29, 1.82) is 0 Å². The van der Waals surface area contributed by atoms with Gasteiger partial charge in [-0.2, -0.15) is 0 Å². The normalized spacial score (nSPS) is 24.2. The number of carbonyl (C=O) groups excluding carboxylic acids is 1. The van der Waals surface area contributed by atoms with Crippen molar-refractivity contribution in [3.63, 3.8) is 0 Å². The number of carbonyl (C=O) groups is 1. The molecule has 5 nitrogen and oxygen atoms in total. The lowest BCUT2D eigenvalue weighted by atomic mass is 10.1. The average Bonchev–Trinajstić information content (AvgIpc) is 3.20. The van der Waals surface area contributed by atoms with Gasteiger partial charge in [0.1, 0.15) is 5.65 Å². The van der Waals surface area contributed by atoms with E-state index in [9.17, 15) is 4.79 Å². The third-order valence-electron chi connectivity index (χ3n) is 5.14. The van der Waals surface area contributed by atoms with Crippen LogP contribution in [0.4, 0.5) is 0 Å². The van der Waals surface area contributed by atoms with Gasteiger partial charge in [0.05, 0.1) is 25.0 Å². The maximum Gasteiger partial charge on any atom is 0.234 e. The molecule has 2 atom stereocenters. The van der Waals surface area contributed by atoms with Gasteiger partial charge in [-0.25, -0.2) is 4.98 Å². The third kappa shape index (κ3) is 2.39. The van der Waals surface area contributed by atoms with E-state index in [1.807, 2.05) is 35.9 Å². The molecular weight excluding hydrogens is 276 g/mol. The van der Waals surface area contributed by atoms with E-state index in [0.717, 1.165) is 29.4 Å². The van der Waals surface area contributed by atoms with Gasteiger partial charge in [0, 0.05) is 18.8 Å². The highest BCUT2D eigenvalue weighted by molar-refractivity contribution is 5.78. The van der Waals surface area contributed by atoms with Gasteiger partial charge in [-0.3, -0.25) is 9.69 Å². The van der Waals surface area contributed by atoms with Gasteiger partial charge in [-0.15, -0.1) is 0 Å². The molecule has 1 N–H and O–H groups in total. The first kappa shape index (κ1) is 13.8. The summed E-state index contributed by atoms with van der Waals surface area (Å²) in [5, 5.41) is 3.04. The Labute approximate surface area is 130 Å². The molecule has 116 valence electrons. The number of aromatic nitrogens is 2. The highest BCUT2D eigenvalue weighted by Gasteiger charge is 2.38. The van der Waals surface area contributed by atoms with Crippen LogP contribution >= 0.6 is 0 Å². The first-order chi connectivity index (χ1) is 10.7. The fourth-order valence-electron chi connectivity index (χ4n) is 3.98. The van der Waals surface area contributed by atoms with Crippen molar-refractivity contribution in [2.24, 2.45) is 5.92 Å². The summed E-state index contributed by atoms with van der Waals surface area (Å²) < 4.78 is 2.05. The molecule has 1 saturated heterocycles. The van der Waals surface area contributed by atoms with Crippen LogP contribution < -0.4 is 5.32 Å². The molecule has 1 aliphatic heterocycles. The van der Waals surface area contributed by atoms with Crippen LogP contribution in [0.3, 0.4) is 0 Å². The average molecular weight is 298 g/mol. The van der Waals surface area contributed by atoms with Crippen molar-refractivity contribution in [1.82, 2.24) is 19.6 Å². The Bertz CT molecular complexity index is 708. The fourth-order valence-corrected chi connectivity index (χ4v) is 3.98. The van der Waals surface area contributed by atoms with Crippen molar-refractivity contribution in [3.05, 3.63) is 35.8 Å². The number of nitrogens with zero attached hydrogens (tertiary/aromatic N) is 3. The standard InChI is InChI=1S/C17H22N4O/c1-12-3-2-6-21-15(9-19-17(12)21)8-18-16(22)11-20-10-13-4-5-14(20)7-13/h2-3,6,9,13-14H,4-5,7-8,10-11H2,1H3,(H,18,22)/t13-,14+/m0/s1. The van der Waals surface area contributed by atoms with E-state index < -0.39 is 0 Å². The summed E-state index contributed by atoms with van der Waals surface area (Å²) in [6.07, 6.45) is 7.75. The number of aryl methyl sites for hydroxylation is 1. The molecule has 0 unspecified atom stereocenters. The fraction of sp³-hybridized carbons (Fsp3) is 0.529. The molecule has 2 aliphatic rings. The number of nitrogens with one attached hydrogen (secondary N) is 1. The summed E-state index contributed by atoms with van der Waals surface area (Å²) in [6.45, 7) is 4.22. The second-order valence-corrected chi connectivity index (χ2v) is 6.67. The van der Waals surface area contributed by atoms with E-state index in [1.54, 1.807) is 0 Å². The Morgan fingerprint density at radius 2 is 2.36 bits per heavy atom. The minimum atomic E-state index is 0.121. The minimum absolute atomic E-state index is 0.121. The number of amides is 1. The topological polar surface area (TPSA) is 49.6 Å². The molecule has 4 rings (SSSR count). The molecule has 0 aromatic carbocycles. The van der Waals surface area contributed by atoms with Gasteiger partial charge in [0.25, 0.3) is 0 Å². The zero-order valence-electron chi connectivity index (χ0n) is 13.0. The second kappa shape index (κ2) is 5.39. The molecular formula is C17H22N4O. The lowest BCUT2D eigenvalue weighted by molar-refractivity contribution is -0.122. The van der Waals surface area contributed by atoms with Gasteiger partial charge < -0.3 is 9.72 Å². The molecule has 2 aromatic rings. The molecule has 2 aromatic heterocycles. The van der Waals surface area contributed by atoms with Gasteiger partial charge in [-0.1, -0.05) is 6.07 Å². The first-order valence-corrected chi connectivity index (χ1v) is 8.13. The highest BCUT2D eigenvalue weighted by atomic mass is 16.2. The highest BCUT2D eigenvalue weighted by Crippen LogP contribution is 2.36. The van der Waals surface area contributed by atoms with Crippen LogP contribution in [0.25, 0.3) is 5.65 Å². The maximum absolute atomic E-state index is 12.2. The molecule has 1 amide bonds. The minimum Gasteiger partial charge on any atom is -0.349 e. The van der Waals surface area contributed by atoms with Crippen molar-refractivity contribution in [3.8, 4) is 0 Å². The molecule has 1 aliphatic carbocycles. The van der Waals surface area contributed by atoms with E-state index in [1.165, 1.54) is 19.3 Å². The Hall–Kier alpha value is -1.88. The molecule has 0 spiro atoms. The summed E-state index contributed by atoms with van der Waals surface area (Å²) in [5.74, 6) is 0.953. The molecule has 3 heterocycles. The van der Waals surface area contributed by atoms with Gasteiger partial charge >= 0.3 is 0 Å². The molecule has 0 radical (unpaired) electrons. The van der Waals surface area contributed by atoms with Crippen molar-refractivity contribution in [2.75, 3.05) is 13.1 Å². The predicted molar refractivity (Wildman–Crippen MR) is 84.5 cm³/mol. The SMILES string of the molecule is Cc1cccn2c(CNC(=O)CN3C[C@H]4CC[C@@H]3C4)cnc12. The Morgan fingerprint density at radius 3 is 3.14 bits per heavy atom. The van der Waals surface area contributed by atoms with Crippen LogP contribution in [-0.4, -0.2) is 39.3 Å². The monoisotopic (exact) mass is 298 g/mol.